The van der Waals surface area contributed by atoms with Gasteiger partial charge in [0, 0.05) is 31.2 Å². The van der Waals surface area contributed by atoms with Crippen LogP contribution in [0.15, 0.2) is 43.0 Å². The molecule has 1 aromatic rings. The minimum Gasteiger partial charge on any atom is -0.297 e. The third kappa shape index (κ3) is 3.22. The zero-order chi connectivity index (χ0) is 14.7. The van der Waals surface area contributed by atoms with E-state index in [-0.39, 0.29) is 0 Å². The van der Waals surface area contributed by atoms with Crippen molar-refractivity contribution in [3.63, 3.8) is 0 Å². The number of rotatable bonds is 4. The van der Waals surface area contributed by atoms with E-state index in [4.69, 9.17) is 0 Å². The number of benzene rings is 1. The summed E-state index contributed by atoms with van der Waals surface area (Å²) in [5, 5.41) is 0. The maximum Gasteiger partial charge on any atom is 0.0478 e. The van der Waals surface area contributed by atoms with Crippen LogP contribution in [0.25, 0.3) is 0 Å². The van der Waals surface area contributed by atoms with E-state index in [9.17, 15) is 0 Å². The molecule has 3 unspecified atom stereocenters. The Bertz CT molecular complexity index is 456. The van der Waals surface area contributed by atoms with Crippen molar-refractivity contribution in [2.45, 2.75) is 50.7 Å². The van der Waals surface area contributed by atoms with Gasteiger partial charge in [-0.3, -0.25) is 9.80 Å². The van der Waals surface area contributed by atoms with Crippen LogP contribution in [-0.4, -0.2) is 41.5 Å². The highest BCUT2D eigenvalue weighted by molar-refractivity contribution is 5.21. The lowest BCUT2D eigenvalue weighted by Gasteiger charge is -2.50. The molecule has 0 N–H and O–H groups in total. The van der Waals surface area contributed by atoms with Gasteiger partial charge in [-0.1, -0.05) is 42.8 Å². The Labute approximate surface area is 129 Å². The molecule has 3 rings (SSSR count). The van der Waals surface area contributed by atoms with Gasteiger partial charge < -0.3 is 0 Å². The molecule has 3 atom stereocenters. The lowest BCUT2D eigenvalue weighted by atomic mass is 9.92. The van der Waals surface area contributed by atoms with Gasteiger partial charge in [0.05, 0.1) is 0 Å². The first-order chi connectivity index (χ1) is 10.3. The average molecular weight is 284 g/mol. The van der Waals surface area contributed by atoms with Crippen LogP contribution in [0.3, 0.4) is 0 Å². The molecule has 2 aliphatic rings. The summed E-state index contributed by atoms with van der Waals surface area (Å²) in [6.07, 6.45) is 7.30. The normalized spacial score (nSPS) is 28.8. The number of hydrogen-bond donors (Lipinski definition) is 0. The number of piperidine rings is 1. The second-order valence-electron chi connectivity index (χ2n) is 6.64. The van der Waals surface area contributed by atoms with Crippen LogP contribution in [0.4, 0.5) is 0 Å². The third-order valence-electron chi connectivity index (χ3n) is 5.24. The molecule has 0 spiro atoms. The predicted molar refractivity (Wildman–Crippen MR) is 89.4 cm³/mol. The summed E-state index contributed by atoms with van der Waals surface area (Å²) in [5.74, 6) is 0. The lowest BCUT2D eigenvalue weighted by Crippen LogP contribution is -2.57. The zero-order valence-corrected chi connectivity index (χ0v) is 13.2. The van der Waals surface area contributed by atoms with Crippen LogP contribution < -0.4 is 0 Å². The highest BCUT2D eigenvalue weighted by atomic mass is 15.3. The summed E-state index contributed by atoms with van der Waals surface area (Å²) in [5.41, 5.74) is 1.47. The first-order valence-corrected chi connectivity index (χ1v) is 8.45. The molecule has 2 nitrogen and oxygen atoms in total. The molecule has 2 heterocycles. The third-order valence-corrected chi connectivity index (χ3v) is 5.24. The summed E-state index contributed by atoms with van der Waals surface area (Å²) >= 11 is 0. The molecule has 0 aromatic heterocycles. The van der Waals surface area contributed by atoms with Gasteiger partial charge in [-0.15, -0.1) is 6.58 Å². The molecule has 114 valence electrons. The molecular formula is C19H28N2. The minimum absolute atomic E-state index is 0.537. The maximum atomic E-state index is 3.94. The van der Waals surface area contributed by atoms with Crippen LogP contribution >= 0.6 is 0 Å². The van der Waals surface area contributed by atoms with Gasteiger partial charge in [-0.2, -0.15) is 0 Å². The molecule has 0 aliphatic carbocycles. The highest BCUT2D eigenvalue weighted by Gasteiger charge is 2.37. The molecule has 2 fully saturated rings. The second kappa shape index (κ2) is 6.76. The molecular weight excluding hydrogens is 256 g/mol. The second-order valence-corrected chi connectivity index (χ2v) is 6.64. The van der Waals surface area contributed by atoms with E-state index < -0.39 is 0 Å². The van der Waals surface area contributed by atoms with Crippen molar-refractivity contribution in [1.29, 1.82) is 0 Å². The fourth-order valence-corrected chi connectivity index (χ4v) is 4.04. The van der Waals surface area contributed by atoms with Crippen LogP contribution in [-0.2, 0) is 0 Å². The Hall–Kier alpha value is -1.12. The Kier molecular flexibility index (Phi) is 4.77. The van der Waals surface area contributed by atoms with E-state index in [1.807, 2.05) is 0 Å². The molecule has 21 heavy (non-hydrogen) atoms. The Balaban J connectivity index is 1.83. The first-order valence-electron chi connectivity index (χ1n) is 8.45. The summed E-state index contributed by atoms with van der Waals surface area (Å²) < 4.78 is 0. The fraction of sp³-hybridized carbons (Fsp3) is 0.579. The predicted octanol–water partition coefficient (Wildman–Crippen LogP) is 3.86. The summed E-state index contributed by atoms with van der Waals surface area (Å²) in [6.45, 7) is 9.99. The summed E-state index contributed by atoms with van der Waals surface area (Å²) in [7, 11) is 0. The number of fused-ring (bicyclic) bond motifs is 1. The topological polar surface area (TPSA) is 6.48 Å². The Morgan fingerprint density at radius 1 is 1.24 bits per heavy atom. The van der Waals surface area contributed by atoms with Gasteiger partial charge in [0.25, 0.3) is 0 Å². The van der Waals surface area contributed by atoms with E-state index in [1.165, 1.54) is 44.5 Å². The van der Waals surface area contributed by atoms with E-state index in [2.05, 4.69) is 59.7 Å². The van der Waals surface area contributed by atoms with Gasteiger partial charge in [-0.05, 0) is 38.3 Å². The smallest absolute Gasteiger partial charge is 0.0478 e. The Morgan fingerprint density at radius 2 is 2.05 bits per heavy atom. The average Bonchev–Trinajstić information content (AvgIpc) is 2.54. The van der Waals surface area contributed by atoms with Gasteiger partial charge in [-0.25, -0.2) is 0 Å². The molecule has 0 saturated carbocycles. The summed E-state index contributed by atoms with van der Waals surface area (Å²) in [6, 6.07) is 12.9. The van der Waals surface area contributed by atoms with Gasteiger partial charge >= 0.3 is 0 Å². The van der Waals surface area contributed by atoms with E-state index in [0.29, 0.717) is 12.1 Å². The SMILES string of the molecule is C=CCC(C)N1CC2CCCCN2CC1c1ccccc1. The molecule has 2 heteroatoms. The number of nitrogens with zero attached hydrogens (tertiary/aromatic N) is 2. The van der Waals surface area contributed by atoms with Crippen molar-refractivity contribution in [2.75, 3.05) is 19.6 Å². The number of piperazine rings is 1. The molecule has 0 bridgehead atoms. The molecule has 2 saturated heterocycles. The largest absolute Gasteiger partial charge is 0.297 e. The van der Waals surface area contributed by atoms with Crippen molar-refractivity contribution >= 4 is 0 Å². The first kappa shape index (κ1) is 14.8. The zero-order valence-electron chi connectivity index (χ0n) is 13.2. The van der Waals surface area contributed by atoms with Gasteiger partial charge in [0.15, 0.2) is 0 Å². The van der Waals surface area contributed by atoms with E-state index >= 15 is 0 Å². The quantitative estimate of drug-likeness (QED) is 0.775. The van der Waals surface area contributed by atoms with Gasteiger partial charge in [0.1, 0.15) is 0 Å². The standard InChI is InChI=1S/C19H28N2/c1-3-9-16(2)21-14-18-12-7-8-13-20(18)15-19(21)17-10-5-4-6-11-17/h3-6,10-11,16,18-19H,1,7-9,12-15H2,2H3. The molecule has 2 aliphatic heterocycles. The maximum absolute atomic E-state index is 3.94. The van der Waals surface area contributed by atoms with Crippen molar-refractivity contribution in [1.82, 2.24) is 9.80 Å². The highest BCUT2D eigenvalue weighted by Crippen LogP contribution is 2.33. The Morgan fingerprint density at radius 3 is 2.81 bits per heavy atom. The van der Waals surface area contributed by atoms with Crippen LogP contribution in [0.1, 0.15) is 44.2 Å². The monoisotopic (exact) mass is 284 g/mol. The van der Waals surface area contributed by atoms with E-state index in [0.717, 1.165) is 12.5 Å². The van der Waals surface area contributed by atoms with Crippen LogP contribution in [0.5, 0.6) is 0 Å². The van der Waals surface area contributed by atoms with Crippen LogP contribution in [0.2, 0.25) is 0 Å². The van der Waals surface area contributed by atoms with Crippen molar-refractivity contribution in [3.8, 4) is 0 Å². The molecule has 1 aromatic carbocycles. The minimum atomic E-state index is 0.537. The van der Waals surface area contributed by atoms with Crippen molar-refractivity contribution in [3.05, 3.63) is 48.6 Å². The molecule has 0 radical (unpaired) electrons. The lowest BCUT2D eigenvalue weighted by molar-refractivity contribution is -0.0110. The number of hydrogen-bond acceptors (Lipinski definition) is 2. The van der Waals surface area contributed by atoms with Crippen molar-refractivity contribution in [2.24, 2.45) is 0 Å². The fourth-order valence-electron chi connectivity index (χ4n) is 4.04. The molecule has 0 amide bonds. The van der Waals surface area contributed by atoms with E-state index in [1.54, 1.807) is 0 Å². The van der Waals surface area contributed by atoms with Gasteiger partial charge in [0.2, 0.25) is 0 Å². The van der Waals surface area contributed by atoms with Crippen LogP contribution in [0, 0.1) is 0 Å². The summed E-state index contributed by atoms with van der Waals surface area (Å²) in [4.78, 5) is 5.46. The van der Waals surface area contributed by atoms with Crippen molar-refractivity contribution < 1.29 is 0 Å².